The van der Waals surface area contributed by atoms with Gasteiger partial charge in [0.25, 0.3) is 0 Å². The lowest BCUT2D eigenvalue weighted by Crippen LogP contribution is -2.05. The number of rotatable bonds is 1. The van der Waals surface area contributed by atoms with Crippen LogP contribution in [0.4, 0.5) is 0 Å². The molecule has 2 bridgehead atoms. The zero-order chi connectivity index (χ0) is 7.14. The van der Waals surface area contributed by atoms with E-state index in [0.29, 0.717) is 11.5 Å². The Hall–Kier alpha value is -1.05. The Morgan fingerprint density at radius 1 is 1.60 bits per heavy atom. The molecule has 2 rings (SSSR count). The molecule has 1 unspecified atom stereocenters. The Kier molecular flexibility index (Phi) is 0.982. The Labute approximate surface area is 58.9 Å². The van der Waals surface area contributed by atoms with Crippen LogP contribution in [0.2, 0.25) is 0 Å². The standard InChI is InChI=1S/C8H8O2/c9-8(10)7-4-5-1-2-6(7)3-5/h1-2,4-6H,3H2,(H,9,10)/t5-,6?/m1/s1. The Bertz CT molecular complexity index is 238. The topological polar surface area (TPSA) is 37.3 Å². The molecule has 2 aliphatic carbocycles. The summed E-state index contributed by atoms with van der Waals surface area (Å²) < 4.78 is 0. The van der Waals surface area contributed by atoms with Crippen molar-refractivity contribution in [1.82, 2.24) is 0 Å². The average molecular weight is 136 g/mol. The molecule has 0 aromatic carbocycles. The number of hydrogen-bond acceptors (Lipinski definition) is 1. The summed E-state index contributed by atoms with van der Waals surface area (Å²) in [6.45, 7) is 0. The second-order valence-electron chi connectivity index (χ2n) is 2.82. The third-order valence-electron chi connectivity index (χ3n) is 2.16. The molecule has 1 N–H and O–H groups in total. The van der Waals surface area contributed by atoms with Crippen LogP contribution in [0, 0.1) is 11.8 Å². The number of aliphatic carboxylic acids is 1. The van der Waals surface area contributed by atoms with Crippen molar-refractivity contribution in [1.29, 1.82) is 0 Å². The van der Waals surface area contributed by atoms with Gasteiger partial charge in [0.15, 0.2) is 0 Å². The predicted molar refractivity (Wildman–Crippen MR) is 36.5 cm³/mol. The van der Waals surface area contributed by atoms with E-state index in [1.165, 1.54) is 0 Å². The van der Waals surface area contributed by atoms with E-state index in [4.69, 9.17) is 5.11 Å². The van der Waals surface area contributed by atoms with E-state index in [1.807, 2.05) is 12.2 Å². The molecule has 0 saturated heterocycles. The first-order valence-electron chi connectivity index (χ1n) is 3.40. The van der Waals surface area contributed by atoms with Gasteiger partial charge in [-0.1, -0.05) is 18.2 Å². The maximum atomic E-state index is 10.5. The lowest BCUT2D eigenvalue weighted by Gasteiger charge is -2.01. The lowest BCUT2D eigenvalue weighted by atomic mass is 10.0. The third kappa shape index (κ3) is 0.618. The van der Waals surface area contributed by atoms with E-state index in [-0.39, 0.29) is 5.92 Å². The van der Waals surface area contributed by atoms with Gasteiger partial charge >= 0.3 is 5.97 Å². The summed E-state index contributed by atoms with van der Waals surface area (Å²) in [5.41, 5.74) is 0.590. The van der Waals surface area contributed by atoms with Crippen LogP contribution in [0.3, 0.4) is 0 Å². The van der Waals surface area contributed by atoms with E-state index in [0.717, 1.165) is 6.42 Å². The van der Waals surface area contributed by atoms with Crippen molar-refractivity contribution < 1.29 is 9.90 Å². The lowest BCUT2D eigenvalue weighted by molar-refractivity contribution is -0.133. The van der Waals surface area contributed by atoms with E-state index in [2.05, 4.69) is 6.08 Å². The molecule has 0 spiro atoms. The molecule has 0 aliphatic heterocycles. The molecule has 2 heteroatoms. The van der Waals surface area contributed by atoms with E-state index in [1.54, 1.807) is 0 Å². The van der Waals surface area contributed by atoms with Gasteiger partial charge in [-0.25, -0.2) is 4.79 Å². The van der Waals surface area contributed by atoms with Gasteiger partial charge in [0, 0.05) is 11.5 Å². The molecular formula is C8H8O2. The molecule has 0 aromatic heterocycles. The van der Waals surface area contributed by atoms with Crippen LogP contribution in [-0.2, 0) is 4.79 Å². The van der Waals surface area contributed by atoms with E-state index < -0.39 is 5.97 Å². The van der Waals surface area contributed by atoms with Gasteiger partial charge in [0.05, 0.1) is 0 Å². The summed E-state index contributed by atoms with van der Waals surface area (Å²) in [5, 5.41) is 8.63. The van der Waals surface area contributed by atoms with Crippen molar-refractivity contribution in [2.75, 3.05) is 0 Å². The number of allylic oxidation sites excluding steroid dienone is 3. The summed E-state index contributed by atoms with van der Waals surface area (Å²) in [4.78, 5) is 10.5. The molecule has 10 heavy (non-hydrogen) atoms. The molecule has 2 aliphatic rings. The van der Waals surface area contributed by atoms with E-state index in [9.17, 15) is 4.79 Å². The largest absolute Gasteiger partial charge is 0.478 e. The maximum Gasteiger partial charge on any atom is 0.331 e. The molecular weight excluding hydrogens is 128 g/mol. The third-order valence-corrected chi connectivity index (χ3v) is 2.16. The Balaban J connectivity index is 2.29. The molecule has 0 fully saturated rings. The van der Waals surface area contributed by atoms with Gasteiger partial charge in [0.1, 0.15) is 0 Å². The van der Waals surface area contributed by atoms with Crippen LogP contribution < -0.4 is 0 Å². The highest BCUT2D eigenvalue weighted by Crippen LogP contribution is 2.37. The van der Waals surface area contributed by atoms with Crippen molar-refractivity contribution in [3.8, 4) is 0 Å². The first-order chi connectivity index (χ1) is 4.77. The quantitative estimate of drug-likeness (QED) is 0.550. The molecule has 0 amide bonds. The summed E-state index contributed by atoms with van der Waals surface area (Å²) in [5.74, 6) is -0.129. The fourth-order valence-electron chi connectivity index (χ4n) is 1.67. The van der Waals surface area contributed by atoms with Crippen molar-refractivity contribution in [3.63, 3.8) is 0 Å². The summed E-state index contributed by atoms with van der Waals surface area (Å²) in [6, 6.07) is 0. The zero-order valence-corrected chi connectivity index (χ0v) is 5.45. The Morgan fingerprint density at radius 3 is 2.70 bits per heavy atom. The summed E-state index contributed by atoms with van der Waals surface area (Å²) in [6.07, 6.45) is 6.92. The highest BCUT2D eigenvalue weighted by Gasteiger charge is 2.31. The normalized spacial score (nSPS) is 34.6. The van der Waals surface area contributed by atoms with Gasteiger partial charge < -0.3 is 5.11 Å². The number of carboxylic acid groups (broad SMARTS) is 1. The number of carbonyl (C=O) groups is 1. The molecule has 0 radical (unpaired) electrons. The summed E-state index contributed by atoms with van der Waals surface area (Å²) in [7, 11) is 0. The van der Waals surface area contributed by atoms with Crippen molar-refractivity contribution in [3.05, 3.63) is 23.8 Å². The highest BCUT2D eigenvalue weighted by molar-refractivity contribution is 5.88. The molecule has 0 aromatic rings. The minimum atomic E-state index is -0.753. The second kappa shape index (κ2) is 1.72. The average Bonchev–Trinajstić information content (AvgIpc) is 2.44. The second-order valence-corrected chi connectivity index (χ2v) is 2.82. The highest BCUT2D eigenvalue weighted by atomic mass is 16.4. The monoisotopic (exact) mass is 136 g/mol. The van der Waals surface area contributed by atoms with Gasteiger partial charge in [-0.15, -0.1) is 0 Å². The van der Waals surface area contributed by atoms with Crippen LogP contribution in [0.5, 0.6) is 0 Å². The van der Waals surface area contributed by atoms with Crippen molar-refractivity contribution in [2.45, 2.75) is 6.42 Å². The van der Waals surface area contributed by atoms with Crippen molar-refractivity contribution >= 4 is 5.97 Å². The van der Waals surface area contributed by atoms with Crippen LogP contribution >= 0.6 is 0 Å². The number of fused-ring (bicyclic) bond motifs is 2. The predicted octanol–water partition coefficient (Wildman–Crippen LogP) is 1.20. The number of carboxylic acids is 1. The molecule has 2 atom stereocenters. The summed E-state index contributed by atoms with van der Waals surface area (Å²) >= 11 is 0. The fraction of sp³-hybridized carbons (Fsp3) is 0.375. The first kappa shape index (κ1) is 5.71. The smallest absolute Gasteiger partial charge is 0.331 e. The molecule has 2 nitrogen and oxygen atoms in total. The molecule has 0 heterocycles. The van der Waals surface area contributed by atoms with Gasteiger partial charge in [-0.2, -0.15) is 0 Å². The number of hydrogen-bond donors (Lipinski definition) is 1. The van der Waals surface area contributed by atoms with Crippen molar-refractivity contribution in [2.24, 2.45) is 11.8 Å². The van der Waals surface area contributed by atoms with E-state index >= 15 is 0 Å². The molecule has 52 valence electrons. The van der Waals surface area contributed by atoms with Crippen LogP contribution in [0.25, 0.3) is 0 Å². The molecule has 0 saturated carbocycles. The Morgan fingerprint density at radius 2 is 2.40 bits per heavy atom. The first-order valence-corrected chi connectivity index (χ1v) is 3.40. The zero-order valence-electron chi connectivity index (χ0n) is 5.45. The van der Waals surface area contributed by atoms with Gasteiger partial charge in [-0.3, -0.25) is 0 Å². The fourth-order valence-corrected chi connectivity index (χ4v) is 1.67. The van der Waals surface area contributed by atoms with Gasteiger partial charge in [-0.05, 0) is 12.3 Å². The van der Waals surface area contributed by atoms with Gasteiger partial charge in [0.2, 0.25) is 0 Å². The maximum absolute atomic E-state index is 10.5. The minimum Gasteiger partial charge on any atom is -0.478 e. The minimum absolute atomic E-state index is 0.211. The SMILES string of the molecule is O=C(O)C1=C[C@@H]2C=CC1C2. The van der Waals surface area contributed by atoms with Crippen LogP contribution in [0.1, 0.15) is 6.42 Å². The van der Waals surface area contributed by atoms with Crippen LogP contribution in [-0.4, -0.2) is 11.1 Å². The van der Waals surface area contributed by atoms with Crippen LogP contribution in [0.15, 0.2) is 23.8 Å².